The first-order valence-corrected chi connectivity index (χ1v) is 11.0. The minimum atomic E-state index is -0.214. The minimum Gasteiger partial charge on any atom is -0.493 e. The van der Waals surface area contributed by atoms with Crippen molar-refractivity contribution in [3.8, 4) is 11.5 Å². The largest absolute Gasteiger partial charge is 0.493 e. The number of ether oxygens (including phenoxy) is 2. The number of para-hydroxylation sites is 1. The van der Waals surface area contributed by atoms with Crippen LogP contribution in [-0.2, 0) is 4.79 Å². The molecule has 3 aromatic rings. The monoisotopic (exact) mass is 471 g/mol. The van der Waals surface area contributed by atoms with E-state index in [1.807, 2.05) is 42.6 Å². The van der Waals surface area contributed by atoms with Gasteiger partial charge < -0.3 is 19.8 Å². The molecule has 0 radical (unpaired) electrons. The summed E-state index contributed by atoms with van der Waals surface area (Å²) in [4.78, 5) is 18.0. The number of H-pyrrole nitrogens is 1. The van der Waals surface area contributed by atoms with Gasteiger partial charge >= 0.3 is 0 Å². The Morgan fingerprint density at radius 2 is 1.85 bits per heavy atom. The van der Waals surface area contributed by atoms with E-state index < -0.39 is 0 Å². The van der Waals surface area contributed by atoms with Crippen molar-refractivity contribution in [3.63, 3.8) is 0 Å². The molecule has 0 atom stereocenters. The first-order chi connectivity index (χ1) is 15.4. The van der Waals surface area contributed by atoms with Gasteiger partial charge in [0.15, 0.2) is 11.5 Å². The van der Waals surface area contributed by atoms with Crippen molar-refractivity contribution in [2.45, 2.75) is 39.8 Å². The second-order valence-corrected chi connectivity index (χ2v) is 8.25. The molecule has 1 amide bonds. The lowest BCUT2D eigenvalue weighted by atomic mass is 10.1. The number of aromatic nitrogens is 1. The molecule has 0 spiro atoms. The number of rotatable bonds is 10. The predicted octanol–water partition coefficient (Wildman–Crippen LogP) is 5.75. The van der Waals surface area contributed by atoms with Gasteiger partial charge in [-0.25, -0.2) is 0 Å². The number of carbonyl (C=O) groups excluding carboxylic acids is 1. The van der Waals surface area contributed by atoms with Crippen molar-refractivity contribution in [3.05, 3.63) is 60.3 Å². The molecule has 178 valence electrons. The van der Waals surface area contributed by atoms with Crippen LogP contribution in [0.3, 0.4) is 0 Å². The number of amides is 1. The highest BCUT2D eigenvalue weighted by molar-refractivity contribution is 6.03. The Bertz CT molecular complexity index is 1070. The molecule has 0 bridgehead atoms. The maximum Gasteiger partial charge on any atom is 0.248 e. The normalized spacial score (nSPS) is 11.4. The number of aromatic amines is 1. The Labute approximate surface area is 202 Å². The quantitative estimate of drug-likeness (QED) is 0.369. The van der Waals surface area contributed by atoms with E-state index in [-0.39, 0.29) is 18.3 Å². The third-order valence-electron chi connectivity index (χ3n) is 5.40. The zero-order valence-corrected chi connectivity index (χ0v) is 20.7. The van der Waals surface area contributed by atoms with Crippen LogP contribution in [-0.4, -0.2) is 48.1 Å². The lowest BCUT2D eigenvalue weighted by Crippen LogP contribution is -2.39. The first kappa shape index (κ1) is 26.3. The van der Waals surface area contributed by atoms with Gasteiger partial charge in [-0.2, -0.15) is 0 Å². The summed E-state index contributed by atoms with van der Waals surface area (Å²) in [6.07, 6.45) is 5.22. The molecule has 0 unspecified atom stereocenters. The highest BCUT2D eigenvalue weighted by atomic mass is 35.5. The van der Waals surface area contributed by atoms with Crippen LogP contribution < -0.4 is 14.8 Å². The lowest BCUT2D eigenvalue weighted by molar-refractivity contribution is -0.111. The fraction of sp³-hybridized carbons (Fsp3) is 0.346. The molecule has 0 saturated carbocycles. The van der Waals surface area contributed by atoms with Crippen molar-refractivity contribution in [2.75, 3.05) is 25.6 Å². The van der Waals surface area contributed by atoms with Gasteiger partial charge in [0.1, 0.15) is 6.61 Å². The fourth-order valence-electron chi connectivity index (χ4n) is 3.84. The second-order valence-electron chi connectivity index (χ2n) is 8.25. The van der Waals surface area contributed by atoms with Crippen LogP contribution in [0.2, 0.25) is 0 Å². The summed E-state index contributed by atoms with van der Waals surface area (Å²) in [7, 11) is 1.60. The molecule has 0 saturated heterocycles. The van der Waals surface area contributed by atoms with Gasteiger partial charge in [0, 0.05) is 42.7 Å². The molecule has 33 heavy (non-hydrogen) atoms. The number of hydrogen-bond donors (Lipinski definition) is 2. The van der Waals surface area contributed by atoms with Crippen molar-refractivity contribution in [1.82, 2.24) is 9.88 Å². The number of fused-ring (bicyclic) bond motifs is 1. The van der Waals surface area contributed by atoms with Crippen molar-refractivity contribution >= 4 is 41.0 Å². The Kier molecular flexibility index (Phi) is 9.82. The molecule has 0 aliphatic heterocycles. The van der Waals surface area contributed by atoms with Gasteiger partial charge in [-0.1, -0.05) is 18.2 Å². The Morgan fingerprint density at radius 3 is 2.55 bits per heavy atom. The van der Waals surface area contributed by atoms with E-state index in [9.17, 15) is 4.79 Å². The molecule has 3 rings (SSSR count). The van der Waals surface area contributed by atoms with Crippen LogP contribution in [0.4, 0.5) is 5.69 Å². The van der Waals surface area contributed by atoms with Crippen LogP contribution in [0.5, 0.6) is 11.5 Å². The van der Waals surface area contributed by atoms with Gasteiger partial charge in [0.05, 0.1) is 12.6 Å². The van der Waals surface area contributed by atoms with E-state index in [0.29, 0.717) is 35.9 Å². The van der Waals surface area contributed by atoms with E-state index in [0.717, 1.165) is 23.0 Å². The summed E-state index contributed by atoms with van der Waals surface area (Å²) in [5.74, 6) is 1.03. The minimum absolute atomic E-state index is 0. The molecule has 0 aliphatic rings. The summed E-state index contributed by atoms with van der Waals surface area (Å²) in [5.41, 5.74) is 2.61. The molecule has 2 aromatic carbocycles. The number of benzene rings is 2. The Morgan fingerprint density at radius 1 is 1.09 bits per heavy atom. The van der Waals surface area contributed by atoms with Crippen molar-refractivity contribution < 1.29 is 14.3 Å². The van der Waals surface area contributed by atoms with E-state index >= 15 is 0 Å². The van der Waals surface area contributed by atoms with E-state index in [2.05, 4.69) is 42.9 Å². The third kappa shape index (κ3) is 7.01. The number of halogens is 1. The summed E-state index contributed by atoms with van der Waals surface area (Å²) in [6.45, 7) is 10.1. The average molecular weight is 472 g/mol. The Hall–Kier alpha value is -2.96. The predicted molar refractivity (Wildman–Crippen MR) is 139 cm³/mol. The lowest BCUT2D eigenvalue weighted by Gasteiger charge is -2.30. The fourth-order valence-corrected chi connectivity index (χ4v) is 3.84. The van der Waals surface area contributed by atoms with Crippen LogP contribution in [0.15, 0.2) is 54.7 Å². The second kappa shape index (κ2) is 12.3. The number of nitrogens with zero attached hydrogens (tertiary/aromatic N) is 1. The number of carbonyl (C=O) groups is 1. The SMILES string of the molecule is COc1cc(NC(=O)/C=C/c2cccc3cc[nH]c23)ccc1OCCN(C(C)C)C(C)C.Cl. The van der Waals surface area contributed by atoms with Crippen LogP contribution in [0, 0.1) is 0 Å². The molecular formula is C26H34ClN3O3. The smallest absolute Gasteiger partial charge is 0.248 e. The molecular weight excluding hydrogens is 438 g/mol. The van der Waals surface area contributed by atoms with Gasteiger partial charge in [0.2, 0.25) is 5.91 Å². The van der Waals surface area contributed by atoms with Gasteiger partial charge in [0.25, 0.3) is 0 Å². The van der Waals surface area contributed by atoms with Crippen LogP contribution in [0.1, 0.15) is 33.3 Å². The van der Waals surface area contributed by atoms with Crippen molar-refractivity contribution in [2.24, 2.45) is 0 Å². The maximum absolute atomic E-state index is 12.4. The zero-order chi connectivity index (χ0) is 23.1. The van der Waals surface area contributed by atoms with Crippen LogP contribution >= 0.6 is 12.4 Å². The molecule has 7 heteroatoms. The highest BCUT2D eigenvalue weighted by Gasteiger charge is 2.14. The van der Waals surface area contributed by atoms with Gasteiger partial charge in [-0.3, -0.25) is 9.69 Å². The zero-order valence-electron chi connectivity index (χ0n) is 19.9. The molecule has 1 heterocycles. The standard InChI is InChI=1S/C26H33N3O3.ClH/c1-18(2)29(19(3)4)15-16-32-23-11-10-22(17-24(23)31-5)28-25(30)12-9-20-7-6-8-21-13-14-27-26(20)21;/h6-14,17-19,27H,15-16H2,1-5H3,(H,28,30);1H/b12-9+;. The molecule has 0 aliphatic carbocycles. The van der Waals surface area contributed by atoms with Crippen molar-refractivity contribution in [1.29, 1.82) is 0 Å². The Balaban J connectivity index is 0.00000385. The van der Waals surface area contributed by atoms with Gasteiger partial charge in [-0.05, 0) is 62.9 Å². The highest BCUT2D eigenvalue weighted by Crippen LogP contribution is 2.30. The summed E-state index contributed by atoms with van der Waals surface area (Å²) >= 11 is 0. The molecule has 1 aromatic heterocycles. The van der Waals surface area contributed by atoms with E-state index in [1.54, 1.807) is 19.3 Å². The first-order valence-electron chi connectivity index (χ1n) is 11.0. The summed E-state index contributed by atoms with van der Waals surface area (Å²) in [6, 6.07) is 14.3. The maximum atomic E-state index is 12.4. The van der Waals surface area contributed by atoms with E-state index in [1.165, 1.54) is 6.08 Å². The van der Waals surface area contributed by atoms with Crippen LogP contribution in [0.25, 0.3) is 17.0 Å². The number of anilines is 1. The molecule has 6 nitrogen and oxygen atoms in total. The molecule has 2 N–H and O–H groups in total. The number of hydrogen-bond acceptors (Lipinski definition) is 4. The summed E-state index contributed by atoms with van der Waals surface area (Å²) in [5, 5.41) is 3.99. The summed E-state index contributed by atoms with van der Waals surface area (Å²) < 4.78 is 11.4. The topological polar surface area (TPSA) is 66.6 Å². The molecule has 0 fully saturated rings. The van der Waals surface area contributed by atoms with Gasteiger partial charge in [-0.15, -0.1) is 12.4 Å². The number of methoxy groups -OCH3 is 1. The van der Waals surface area contributed by atoms with E-state index in [4.69, 9.17) is 9.47 Å². The third-order valence-corrected chi connectivity index (χ3v) is 5.40. The number of nitrogens with one attached hydrogen (secondary N) is 2. The average Bonchev–Trinajstić information content (AvgIpc) is 3.24.